The van der Waals surface area contributed by atoms with E-state index in [-0.39, 0.29) is 52.8 Å². The first-order valence-electron chi connectivity index (χ1n) is 18.4. The fourth-order valence-electron chi connectivity index (χ4n) is 8.97. The smallest absolute Gasteiger partial charge is 0.478 e. The number of fused-ring (bicyclic) bond motifs is 1. The van der Waals surface area contributed by atoms with Crippen LogP contribution in [0.3, 0.4) is 0 Å². The first kappa shape index (κ1) is 38.4. The molecule has 3 aliphatic carbocycles. The van der Waals surface area contributed by atoms with Gasteiger partial charge in [-0.05, 0) is 80.2 Å². The Labute approximate surface area is 315 Å². The van der Waals surface area contributed by atoms with E-state index in [9.17, 15) is 37.5 Å². The zero-order valence-corrected chi connectivity index (χ0v) is 31.1. The number of anilines is 2. The van der Waals surface area contributed by atoms with Gasteiger partial charge in [0.05, 0.1) is 46.2 Å². The van der Waals surface area contributed by atoms with Gasteiger partial charge in [-0.15, -0.1) is 0 Å². The fourth-order valence-corrected chi connectivity index (χ4v) is 8.97. The van der Waals surface area contributed by atoms with Gasteiger partial charge in [-0.1, -0.05) is 45.0 Å². The van der Waals surface area contributed by atoms with Crippen molar-refractivity contribution >= 4 is 36.4 Å². The third kappa shape index (κ3) is 6.85. The highest BCUT2D eigenvalue weighted by Crippen LogP contribution is 2.64. The zero-order chi connectivity index (χ0) is 39.7. The lowest BCUT2D eigenvalue weighted by Crippen LogP contribution is -2.63. The molecule has 0 radical (unpaired) electrons. The van der Waals surface area contributed by atoms with E-state index in [0.717, 1.165) is 25.0 Å². The number of carboxylic acids is 1. The number of para-hydroxylation sites is 1. The number of urea groups is 1. The summed E-state index contributed by atoms with van der Waals surface area (Å²) in [5.74, 6) is -1.50. The standard InChI is InChI=1S/C38H44BF3N6O7/c1-6-28(39-54-29-24-15-22(35(24,2)3)16-37(29,5)55-39)46-30(49)27-17-36(4,47-34(53)45-25-13-8-7-12-23(25)32(51)52)33-44-19-26(31(50)48(27)33)43-18-20-10-9-11-21(14-20)38(40,41)42/h7-14,19,22,24,27-29,43H,6,15-18H2,1-5H3,(H,46,49)(H,51,52)(H2,45,47,53)/t22?,24?,27-,28-,29?,36+,37-/m0/s1. The summed E-state index contributed by atoms with van der Waals surface area (Å²) in [4.78, 5) is 58.2. The van der Waals surface area contributed by atoms with Crippen molar-refractivity contribution in [2.45, 2.75) is 102 Å². The van der Waals surface area contributed by atoms with Gasteiger partial charge in [0.1, 0.15) is 17.6 Å². The van der Waals surface area contributed by atoms with Crippen LogP contribution in [-0.4, -0.2) is 57.3 Å². The molecular formula is C38H44BF3N6O7. The van der Waals surface area contributed by atoms with E-state index in [1.165, 1.54) is 41.1 Å². The van der Waals surface area contributed by atoms with E-state index in [0.29, 0.717) is 18.3 Å². The average Bonchev–Trinajstić information content (AvgIpc) is 3.64. The van der Waals surface area contributed by atoms with Gasteiger partial charge in [0.15, 0.2) is 0 Å². The van der Waals surface area contributed by atoms with Gasteiger partial charge in [-0.2, -0.15) is 13.2 Å². The quantitative estimate of drug-likeness (QED) is 0.162. The molecule has 55 heavy (non-hydrogen) atoms. The highest BCUT2D eigenvalue weighted by molar-refractivity contribution is 6.47. The van der Waals surface area contributed by atoms with E-state index >= 15 is 0 Å². The van der Waals surface area contributed by atoms with Gasteiger partial charge in [-0.3, -0.25) is 14.2 Å². The Balaban J connectivity index is 1.16. The van der Waals surface area contributed by atoms with E-state index in [4.69, 9.17) is 9.31 Å². The molecule has 13 nitrogen and oxygen atoms in total. The molecule has 5 N–H and O–H groups in total. The number of benzene rings is 2. The van der Waals surface area contributed by atoms with Crippen LogP contribution in [0, 0.1) is 17.3 Å². The number of carbonyl (C=O) groups is 3. The maximum atomic E-state index is 14.3. The Bertz CT molecular complexity index is 2100. The molecule has 3 unspecified atom stereocenters. The van der Waals surface area contributed by atoms with Crippen molar-refractivity contribution in [3.63, 3.8) is 0 Å². The van der Waals surface area contributed by atoms with Gasteiger partial charge in [0.25, 0.3) is 5.56 Å². The number of aromatic nitrogens is 2. The molecular weight excluding hydrogens is 720 g/mol. The molecule has 3 heterocycles. The number of hydrogen-bond donors (Lipinski definition) is 5. The second-order valence-electron chi connectivity index (χ2n) is 16.1. The molecule has 5 aliphatic rings. The first-order valence-corrected chi connectivity index (χ1v) is 18.4. The lowest BCUT2D eigenvalue weighted by atomic mass is 9.45. The molecule has 292 valence electrons. The average molecular weight is 765 g/mol. The molecule has 2 bridgehead atoms. The predicted octanol–water partition coefficient (Wildman–Crippen LogP) is 5.72. The molecule has 7 atom stereocenters. The summed E-state index contributed by atoms with van der Waals surface area (Å²) in [7, 11) is -0.736. The van der Waals surface area contributed by atoms with Gasteiger partial charge >= 0.3 is 25.3 Å². The molecule has 2 aliphatic heterocycles. The van der Waals surface area contributed by atoms with E-state index in [1.54, 1.807) is 13.0 Å². The number of halogens is 3. The minimum atomic E-state index is -4.55. The molecule has 4 fully saturated rings. The maximum absolute atomic E-state index is 14.3. The minimum Gasteiger partial charge on any atom is -0.478 e. The largest absolute Gasteiger partial charge is 0.481 e. The van der Waals surface area contributed by atoms with Gasteiger partial charge in [-0.25, -0.2) is 14.6 Å². The summed E-state index contributed by atoms with van der Waals surface area (Å²) in [6, 6.07) is 8.52. The van der Waals surface area contributed by atoms with Crippen molar-refractivity contribution in [2.24, 2.45) is 17.3 Å². The summed E-state index contributed by atoms with van der Waals surface area (Å²) < 4.78 is 54.4. The second-order valence-corrected chi connectivity index (χ2v) is 16.1. The van der Waals surface area contributed by atoms with E-state index < -0.39 is 65.4 Å². The van der Waals surface area contributed by atoms with Crippen LogP contribution in [-0.2, 0) is 32.4 Å². The van der Waals surface area contributed by atoms with Gasteiger partial charge in [0, 0.05) is 13.0 Å². The monoisotopic (exact) mass is 764 g/mol. The summed E-state index contributed by atoms with van der Waals surface area (Å²) >= 11 is 0. The molecule has 3 saturated carbocycles. The normalized spacial score (nSPS) is 28.0. The van der Waals surface area contributed by atoms with Crippen molar-refractivity contribution in [2.75, 3.05) is 10.6 Å². The molecule has 3 aromatic rings. The number of amides is 3. The molecule has 1 aromatic heterocycles. The molecule has 2 aromatic carbocycles. The first-order chi connectivity index (χ1) is 25.8. The lowest BCUT2D eigenvalue weighted by Gasteiger charge is -2.63. The van der Waals surface area contributed by atoms with Gasteiger partial charge < -0.3 is 35.7 Å². The highest BCUT2D eigenvalue weighted by atomic mass is 19.4. The van der Waals surface area contributed by atoms with Gasteiger partial charge in [0.2, 0.25) is 5.91 Å². The van der Waals surface area contributed by atoms with E-state index in [2.05, 4.69) is 47.0 Å². The Morgan fingerprint density at radius 3 is 2.51 bits per heavy atom. The van der Waals surface area contributed by atoms with Crippen molar-refractivity contribution in [1.29, 1.82) is 0 Å². The Hall–Kier alpha value is -4.90. The van der Waals surface area contributed by atoms with Crippen LogP contribution in [0.1, 0.15) is 93.7 Å². The lowest BCUT2D eigenvalue weighted by molar-refractivity contribution is -0.185. The van der Waals surface area contributed by atoms with Crippen molar-refractivity contribution in [3.05, 3.63) is 87.6 Å². The molecule has 3 amide bonds. The molecule has 17 heteroatoms. The Morgan fingerprint density at radius 1 is 1.07 bits per heavy atom. The Morgan fingerprint density at radius 2 is 1.82 bits per heavy atom. The van der Waals surface area contributed by atoms with Crippen LogP contribution < -0.4 is 26.8 Å². The number of aromatic carboxylic acids is 1. The third-order valence-corrected chi connectivity index (χ3v) is 12.2. The third-order valence-electron chi connectivity index (χ3n) is 12.2. The summed E-state index contributed by atoms with van der Waals surface area (Å²) in [5.41, 5.74) is -3.24. The number of hydrogen-bond acceptors (Lipinski definition) is 8. The zero-order valence-electron chi connectivity index (χ0n) is 31.1. The summed E-state index contributed by atoms with van der Waals surface area (Å²) in [6.07, 6.45) is -1.24. The van der Waals surface area contributed by atoms with Crippen LogP contribution >= 0.6 is 0 Å². The van der Waals surface area contributed by atoms with Crippen molar-refractivity contribution in [1.82, 2.24) is 20.2 Å². The van der Waals surface area contributed by atoms with Crippen LogP contribution in [0.25, 0.3) is 0 Å². The van der Waals surface area contributed by atoms with Crippen LogP contribution in [0.15, 0.2) is 59.5 Å². The van der Waals surface area contributed by atoms with Crippen LogP contribution in [0.5, 0.6) is 0 Å². The number of carboxylic acid groups (broad SMARTS) is 1. The van der Waals surface area contributed by atoms with E-state index in [1.807, 2.05) is 6.92 Å². The number of carbonyl (C=O) groups excluding carboxylic acids is 2. The summed E-state index contributed by atoms with van der Waals surface area (Å²) in [6.45, 7) is 9.90. The SMILES string of the molecule is CC[C@H](NC(=O)[C@@H]1C[C@@](C)(NC(=O)Nc2ccccc2C(=O)O)c2ncc(NCc3cccc(C(F)(F)F)c3)c(=O)n21)B1OC2C3CC(C[C@]2(C)O1)C3(C)C. The topological polar surface area (TPSA) is 173 Å². The molecule has 8 rings (SSSR count). The number of nitrogens with one attached hydrogen (secondary N) is 4. The van der Waals surface area contributed by atoms with Crippen molar-refractivity contribution < 1.29 is 42.0 Å². The van der Waals surface area contributed by atoms with Crippen LogP contribution in [0.4, 0.5) is 29.3 Å². The van der Waals surface area contributed by atoms with Crippen LogP contribution in [0.2, 0.25) is 0 Å². The maximum Gasteiger partial charge on any atom is 0.481 e. The summed E-state index contributed by atoms with van der Waals surface area (Å²) in [5, 5.41) is 20.9. The fraction of sp³-hybridized carbons (Fsp3) is 0.500. The molecule has 1 saturated heterocycles. The second kappa shape index (κ2) is 13.7. The number of alkyl halides is 3. The number of nitrogens with zero attached hydrogens (tertiary/aromatic N) is 2. The highest BCUT2D eigenvalue weighted by Gasteiger charge is 2.67. The number of rotatable bonds is 10. The van der Waals surface area contributed by atoms with Crippen molar-refractivity contribution in [3.8, 4) is 0 Å². The molecule has 0 spiro atoms. The Kier molecular flexibility index (Phi) is 9.55. The predicted molar refractivity (Wildman–Crippen MR) is 196 cm³/mol. The minimum absolute atomic E-state index is 0.0281.